The van der Waals surface area contributed by atoms with Crippen molar-refractivity contribution in [3.63, 3.8) is 0 Å². The van der Waals surface area contributed by atoms with Crippen molar-refractivity contribution in [3.8, 4) is 11.5 Å². The number of methoxy groups -OCH3 is 1. The van der Waals surface area contributed by atoms with Crippen molar-refractivity contribution < 1.29 is 9.47 Å². The van der Waals surface area contributed by atoms with E-state index in [2.05, 4.69) is 25.4 Å². The topological polar surface area (TPSA) is 98.2 Å². The molecule has 9 heteroatoms. The fraction of sp³-hybridized carbons (Fsp3) is 0.429. The van der Waals surface area contributed by atoms with Crippen LogP contribution >= 0.6 is 0 Å². The zero-order valence-corrected chi connectivity index (χ0v) is 21.5. The van der Waals surface area contributed by atoms with E-state index in [0.29, 0.717) is 32.3 Å². The first-order valence-corrected chi connectivity index (χ1v) is 13.0. The number of pyridine rings is 1. The summed E-state index contributed by atoms with van der Waals surface area (Å²) in [6, 6.07) is 16.1. The summed E-state index contributed by atoms with van der Waals surface area (Å²) in [4.78, 5) is 18.5. The number of benzene rings is 2. The predicted molar refractivity (Wildman–Crippen MR) is 142 cm³/mol. The van der Waals surface area contributed by atoms with Crippen LogP contribution in [0.4, 0.5) is 0 Å². The van der Waals surface area contributed by atoms with Crippen molar-refractivity contribution in [1.29, 1.82) is 0 Å². The molecule has 1 aliphatic carbocycles. The summed E-state index contributed by atoms with van der Waals surface area (Å²) in [7, 11) is 1.66. The summed E-state index contributed by atoms with van der Waals surface area (Å²) in [6.45, 7) is 4.24. The Bertz CT molecular complexity index is 1370. The molecule has 1 saturated carbocycles. The molecule has 37 heavy (non-hydrogen) atoms. The molecule has 0 spiro atoms. The van der Waals surface area contributed by atoms with E-state index in [0.717, 1.165) is 52.2 Å². The maximum atomic E-state index is 13.1. The van der Waals surface area contributed by atoms with Gasteiger partial charge in [-0.3, -0.25) is 9.69 Å². The van der Waals surface area contributed by atoms with Gasteiger partial charge in [0.25, 0.3) is 5.56 Å². The molecular formula is C28H34N6O3. The van der Waals surface area contributed by atoms with Crippen LogP contribution in [0.2, 0.25) is 0 Å². The molecule has 0 bridgehead atoms. The molecule has 0 amide bonds. The van der Waals surface area contributed by atoms with Crippen LogP contribution in [0, 0.1) is 0 Å². The van der Waals surface area contributed by atoms with Gasteiger partial charge in [0.1, 0.15) is 11.5 Å². The fourth-order valence-corrected chi connectivity index (χ4v) is 5.13. The quantitative estimate of drug-likeness (QED) is 0.345. The highest BCUT2D eigenvalue weighted by molar-refractivity contribution is 5.80. The lowest BCUT2D eigenvalue weighted by atomic mass is 9.93. The van der Waals surface area contributed by atoms with E-state index in [4.69, 9.17) is 9.47 Å². The lowest BCUT2D eigenvalue weighted by Crippen LogP contribution is -2.38. The zero-order chi connectivity index (χ0) is 25.6. The lowest BCUT2D eigenvalue weighted by molar-refractivity contribution is 0.134. The summed E-state index contributed by atoms with van der Waals surface area (Å²) in [5.41, 5.74) is 2.58. The molecular weight excluding hydrogens is 468 g/mol. The summed E-state index contributed by atoms with van der Waals surface area (Å²) in [5, 5.41) is 13.6. The minimum absolute atomic E-state index is 0.0599. The summed E-state index contributed by atoms with van der Waals surface area (Å²) < 4.78 is 12.8. The van der Waals surface area contributed by atoms with E-state index in [1.807, 2.05) is 60.1 Å². The molecule has 1 N–H and O–H groups in total. The third-order valence-corrected chi connectivity index (χ3v) is 7.11. The molecule has 0 unspecified atom stereocenters. The SMILES string of the molecule is CCOc1ccc2[nH]c(=O)c(CN(Cc3nnnn3Cc3ccc(OC)cc3)C3CCCCC3)cc2c1. The third kappa shape index (κ3) is 5.99. The molecule has 2 heterocycles. The molecule has 0 aliphatic heterocycles. The fourth-order valence-electron chi connectivity index (χ4n) is 5.13. The minimum Gasteiger partial charge on any atom is -0.497 e. The van der Waals surface area contributed by atoms with Gasteiger partial charge < -0.3 is 14.5 Å². The van der Waals surface area contributed by atoms with Crippen LogP contribution in [0.3, 0.4) is 0 Å². The van der Waals surface area contributed by atoms with Crippen molar-refractivity contribution in [3.05, 3.63) is 75.8 Å². The van der Waals surface area contributed by atoms with Crippen molar-refractivity contribution in [1.82, 2.24) is 30.1 Å². The van der Waals surface area contributed by atoms with Gasteiger partial charge in [0.2, 0.25) is 0 Å². The van der Waals surface area contributed by atoms with Crippen LogP contribution in [0.1, 0.15) is 56.0 Å². The summed E-state index contributed by atoms with van der Waals surface area (Å²) >= 11 is 0. The van der Waals surface area contributed by atoms with Crippen molar-refractivity contribution in [2.24, 2.45) is 0 Å². The summed E-state index contributed by atoms with van der Waals surface area (Å²) in [5.74, 6) is 2.41. The van der Waals surface area contributed by atoms with Gasteiger partial charge >= 0.3 is 0 Å². The molecule has 2 aromatic heterocycles. The van der Waals surface area contributed by atoms with Gasteiger partial charge in [0, 0.05) is 29.1 Å². The first-order chi connectivity index (χ1) is 18.1. The van der Waals surface area contributed by atoms with Crippen molar-refractivity contribution >= 4 is 10.9 Å². The molecule has 194 valence electrons. The number of hydrogen-bond acceptors (Lipinski definition) is 7. The van der Waals surface area contributed by atoms with Crippen LogP contribution in [0.5, 0.6) is 11.5 Å². The Kier molecular flexibility index (Phi) is 7.79. The van der Waals surface area contributed by atoms with Crippen LogP contribution in [-0.2, 0) is 19.6 Å². The first-order valence-electron chi connectivity index (χ1n) is 13.0. The monoisotopic (exact) mass is 502 g/mol. The third-order valence-electron chi connectivity index (χ3n) is 7.11. The normalized spacial score (nSPS) is 14.4. The largest absolute Gasteiger partial charge is 0.497 e. The van der Waals surface area contributed by atoms with E-state index in [1.54, 1.807) is 7.11 Å². The second kappa shape index (κ2) is 11.6. The average molecular weight is 503 g/mol. The highest BCUT2D eigenvalue weighted by atomic mass is 16.5. The summed E-state index contributed by atoms with van der Waals surface area (Å²) in [6.07, 6.45) is 5.88. The minimum atomic E-state index is -0.0599. The Labute approximate surface area is 216 Å². The maximum Gasteiger partial charge on any atom is 0.252 e. The molecule has 1 aliphatic rings. The van der Waals surface area contributed by atoms with Gasteiger partial charge in [0.05, 0.1) is 26.8 Å². The van der Waals surface area contributed by atoms with Gasteiger partial charge in [-0.2, -0.15) is 0 Å². The van der Waals surface area contributed by atoms with Crippen LogP contribution in [0.25, 0.3) is 10.9 Å². The average Bonchev–Trinajstić information content (AvgIpc) is 3.36. The van der Waals surface area contributed by atoms with Crippen LogP contribution in [0.15, 0.2) is 53.3 Å². The second-order valence-electron chi connectivity index (χ2n) is 9.60. The Hall–Kier alpha value is -3.72. The number of rotatable bonds is 10. The first kappa shape index (κ1) is 25.0. The Morgan fingerprint density at radius 2 is 1.81 bits per heavy atom. The Balaban J connectivity index is 1.40. The number of nitrogens with zero attached hydrogens (tertiary/aromatic N) is 5. The van der Waals surface area contributed by atoms with Gasteiger partial charge in [-0.25, -0.2) is 4.68 Å². The smallest absolute Gasteiger partial charge is 0.252 e. The predicted octanol–water partition coefficient (Wildman–Crippen LogP) is 4.31. The Morgan fingerprint density at radius 1 is 1.03 bits per heavy atom. The molecule has 4 aromatic rings. The van der Waals surface area contributed by atoms with E-state index in [-0.39, 0.29) is 5.56 Å². The second-order valence-corrected chi connectivity index (χ2v) is 9.60. The van der Waals surface area contributed by atoms with Crippen LogP contribution in [-0.4, -0.2) is 49.8 Å². The zero-order valence-electron chi connectivity index (χ0n) is 21.5. The Morgan fingerprint density at radius 3 is 2.57 bits per heavy atom. The van der Waals surface area contributed by atoms with Crippen LogP contribution < -0.4 is 15.0 Å². The highest BCUT2D eigenvalue weighted by Crippen LogP contribution is 2.26. The van der Waals surface area contributed by atoms with Gasteiger partial charge in [-0.05, 0) is 72.2 Å². The number of aromatic amines is 1. The van der Waals surface area contributed by atoms with E-state index < -0.39 is 0 Å². The molecule has 9 nitrogen and oxygen atoms in total. The maximum absolute atomic E-state index is 13.1. The standard InChI is InChI=1S/C28H34N6O3/c1-3-37-25-13-14-26-21(16-25)15-22(28(35)29-26)18-33(23-7-5-4-6-8-23)19-27-30-31-32-34(27)17-20-9-11-24(36-2)12-10-20/h9-16,23H,3-8,17-19H2,1-2H3,(H,29,35). The molecule has 0 radical (unpaired) electrons. The van der Waals surface area contributed by atoms with Gasteiger partial charge in [0.15, 0.2) is 5.82 Å². The highest BCUT2D eigenvalue weighted by Gasteiger charge is 2.24. The number of H-pyrrole nitrogens is 1. The lowest BCUT2D eigenvalue weighted by Gasteiger charge is -2.33. The van der Waals surface area contributed by atoms with Crippen molar-refractivity contribution in [2.45, 2.75) is 64.7 Å². The molecule has 5 rings (SSSR count). The molecule has 2 aromatic carbocycles. The number of nitrogens with one attached hydrogen (secondary N) is 1. The molecule has 1 fully saturated rings. The number of fused-ring (bicyclic) bond motifs is 1. The molecule has 0 saturated heterocycles. The van der Waals surface area contributed by atoms with Gasteiger partial charge in [-0.1, -0.05) is 31.4 Å². The molecule has 0 atom stereocenters. The van der Waals surface area contributed by atoms with Crippen molar-refractivity contribution in [2.75, 3.05) is 13.7 Å². The van der Waals surface area contributed by atoms with E-state index >= 15 is 0 Å². The number of hydrogen-bond donors (Lipinski definition) is 1. The number of tetrazole rings is 1. The van der Waals surface area contributed by atoms with Gasteiger partial charge in [-0.15, -0.1) is 5.10 Å². The number of ether oxygens (including phenoxy) is 2. The number of aromatic nitrogens is 5. The van der Waals surface area contributed by atoms with E-state index in [9.17, 15) is 4.79 Å². The van der Waals surface area contributed by atoms with E-state index in [1.165, 1.54) is 19.3 Å².